The van der Waals surface area contributed by atoms with Crippen LogP contribution in [0.15, 0.2) is 78.9 Å². The van der Waals surface area contributed by atoms with E-state index in [0.717, 1.165) is 16.7 Å². The summed E-state index contributed by atoms with van der Waals surface area (Å²) in [4.78, 5) is 12.7. The van der Waals surface area contributed by atoms with Crippen LogP contribution in [0.2, 0.25) is 5.02 Å². The number of rotatable bonds is 4. The third-order valence-corrected chi connectivity index (χ3v) is 4.57. The van der Waals surface area contributed by atoms with Crippen molar-refractivity contribution in [2.45, 2.75) is 0 Å². The van der Waals surface area contributed by atoms with Crippen LogP contribution in [-0.2, 0) is 7.05 Å². The topological polar surface area (TPSA) is 43.3 Å². The molecule has 4 nitrogen and oxygen atoms in total. The van der Waals surface area contributed by atoms with Gasteiger partial charge in [-0.3, -0.25) is 4.79 Å². The number of aromatic nitrogens is 1. The molecule has 4 rings (SSSR count). The number of anilines is 1. The maximum atomic E-state index is 12.7. The van der Waals surface area contributed by atoms with Gasteiger partial charge in [0, 0.05) is 28.7 Å². The lowest BCUT2D eigenvalue weighted by molar-refractivity contribution is 0.101. The van der Waals surface area contributed by atoms with Gasteiger partial charge in [0.2, 0.25) is 0 Å². The number of hydrogen-bond acceptors (Lipinski definition) is 2. The SMILES string of the molecule is Cn1c(C(=O)Nc2ccc(Oc3ccccc3)cc2)cc2ccc(Cl)cc21. The number of carbonyl (C=O) groups is 1. The number of halogens is 1. The zero-order valence-electron chi connectivity index (χ0n) is 14.6. The molecule has 0 aliphatic carbocycles. The lowest BCUT2D eigenvalue weighted by atomic mass is 10.2. The molecule has 134 valence electrons. The van der Waals surface area contributed by atoms with Gasteiger partial charge in [0.1, 0.15) is 17.2 Å². The van der Waals surface area contributed by atoms with E-state index in [2.05, 4.69) is 5.32 Å². The summed E-state index contributed by atoms with van der Waals surface area (Å²) in [5.41, 5.74) is 2.18. The van der Waals surface area contributed by atoms with Crippen molar-refractivity contribution >= 4 is 34.1 Å². The molecule has 0 unspecified atom stereocenters. The Kier molecular flexibility index (Phi) is 4.57. The van der Waals surface area contributed by atoms with E-state index in [9.17, 15) is 4.79 Å². The highest BCUT2D eigenvalue weighted by molar-refractivity contribution is 6.31. The zero-order valence-corrected chi connectivity index (χ0v) is 15.4. The molecule has 0 saturated carbocycles. The highest BCUT2D eigenvalue weighted by Gasteiger charge is 2.14. The molecule has 0 spiro atoms. The third-order valence-electron chi connectivity index (χ3n) is 4.33. The van der Waals surface area contributed by atoms with Gasteiger partial charge < -0.3 is 14.6 Å². The van der Waals surface area contributed by atoms with E-state index in [1.807, 2.05) is 90.5 Å². The van der Waals surface area contributed by atoms with Gasteiger partial charge in [0.05, 0.1) is 0 Å². The van der Waals surface area contributed by atoms with Gasteiger partial charge in [-0.05, 0) is 54.6 Å². The Labute approximate surface area is 162 Å². The van der Waals surface area contributed by atoms with Crippen LogP contribution in [0.5, 0.6) is 11.5 Å². The molecule has 0 atom stereocenters. The summed E-state index contributed by atoms with van der Waals surface area (Å²) in [5.74, 6) is 1.29. The molecule has 5 heteroatoms. The molecule has 3 aromatic carbocycles. The molecule has 1 heterocycles. The van der Waals surface area contributed by atoms with Crippen molar-refractivity contribution in [2.75, 3.05) is 5.32 Å². The number of carbonyl (C=O) groups excluding carboxylic acids is 1. The summed E-state index contributed by atoms with van der Waals surface area (Å²) >= 11 is 6.06. The van der Waals surface area contributed by atoms with E-state index in [0.29, 0.717) is 22.2 Å². The van der Waals surface area contributed by atoms with Gasteiger partial charge in [0.15, 0.2) is 0 Å². The molecular formula is C22H17ClN2O2. The fourth-order valence-corrected chi connectivity index (χ4v) is 3.11. The Morgan fingerprint density at radius 2 is 1.63 bits per heavy atom. The Hall–Kier alpha value is -3.24. The average Bonchev–Trinajstić information content (AvgIpc) is 3.00. The van der Waals surface area contributed by atoms with E-state index in [1.165, 1.54) is 0 Å². The molecule has 1 aromatic heterocycles. The number of fused-ring (bicyclic) bond motifs is 1. The predicted molar refractivity (Wildman–Crippen MR) is 109 cm³/mol. The molecule has 0 saturated heterocycles. The molecule has 1 amide bonds. The van der Waals surface area contributed by atoms with Crippen molar-refractivity contribution in [3.8, 4) is 11.5 Å². The standard InChI is InChI=1S/C22H17ClN2O2/c1-25-20-14-16(23)8-7-15(20)13-21(25)22(26)24-17-9-11-19(12-10-17)27-18-5-3-2-4-6-18/h2-14H,1H3,(H,24,26). The number of nitrogens with one attached hydrogen (secondary N) is 1. The number of hydrogen-bond donors (Lipinski definition) is 1. The molecule has 0 radical (unpaired) electrons. The summed E-state index contributed by atoms with van der Waals surface area (Å²) in [6, 6.07) is 24.3. The lowest BCUT2D eigenvalue weighted by Gasteiger charge is -2.09. The summed E-state index contributed by atoms with van der Waals surface area (Å²) in [5, 5.41) is 4.53. The van der Waals surface area contributed by atoms with Crippen molar-refractivity contribution in [1.82, 2.24) is 4.57 Å². The van der Waals surface area contributed by atoms with Crippen molar-refractivity contribution in [1.29, 1.82) is 0 Å². The van der Waals surface area contributed by atoms with Gasteiger partial charge in [-0.1, -0.05) is 35.9 Å². The Balaban J connectivity index is 1.50. The molecule has 27 heavy (non-hydrogen) atoms. The number of nitrogens with zero attached hydrogens (tertiary/aromatic N) is 1. The molecule has 4 aromatic rings. The molecular weight excluding hydrogens is 360 g/mol. The quantitative estimate of drug-likeness (QED) is 0.483. The van der Waals surface area contributed by atoms with E-state index in [1.54, 1.807) is 0 Å². The lowest BCUT2D eigenvalue weighted by Crippen LogP contribution is -2.15. The number of aryl methyl sites for hydroxylation is 1. The first-order valence-electron chi connectivity index (χ1n) is 8.49. The number of benzene rings is 3. The van der Waals surface area contributed by atoms with Crippen LogP contribution in [0.25, 0.3) is 10.9 Å². The molecule has 0 aliphatic heterocycles. The summed E-state index contributed by atoms with van der Waals surface area (Å²) in [6.45, 7) is 0. The number of ether oxygens (including phenoxy) is 1. The van der Waals surface area contributed by atoms with Crippen molar-refractivity contribution in [2.24, 2.45) is 7.05 Å². The second kappa shape index (κ2) is 7.17. The molecule has 0 bridgehead atoms. The van der Waals surface area contributed by atoms with Crippen LogP contribution >= 0.6 is 11.6 Å². The first-order chi connectivity index (χ1) is 13.1. The van der Waals surface area contributed by atoms with Crippen LogP contribution in [0.4, 0.5) is 5.69 Å². The van der Waals surface area contributed by atoms with Crippen LogP contribution < -0.4 is 10.1 Å². The monoisotopic (exact) mass is 376 g/mol. The minimum Gasteiger partial charge on any atom is -0.457 e. The minimum absolute atomic E-state index is 0.179. The van der Waals surface area contributed by atoms with Crippen LogP contribution in [0.3, 0.4) is 0 Å². The summed E-state index contributed by atoms with van der Waals surface area (Å²) in [7, 11) is 1.85. The number of amides is 1. The van der Waals surface area contributed by atoms with Gasteiger partial charge in [-0.15, -0.1) is 0 Å². The van der Waals surface area contributed by atoms with Crippen molar-refractivity contribution in [3.05, 3.63) is 89.6 Å². The fourth-order valence-electron chi connectivity index (χ4n) is 2.95. The molecule has 0 fully saturated rings. The van der Waals surface area contributed by atoms with Crippen LogP contribution in [0.1, 0.15) is 10.5 Å². The van der Waals surface area contributed by atoms with E-state index in [-0.39, 0.29) is 5.91 Å². The van der Waals surface area contributed by atoms with Crippen LogP contribution in [0, 0.1) is 0 Å². The van der Waals surface area contributed by atoms with Gasteiger partial charge in [-0.25, -0.2) is 0 Å². The smallest absolute Gasteiger partial charge is 0.272 e. The second-order valence-corrected chi connectivity index (χ2v) is 6.62. The fraction of sp³-hybridized carbons (Fsp3) is 0.0455. The van der Waals surface area contributed by atoms with Gasteiger partial charge in [0.25, 0.3) is 5.91 Å². The van der Waals surface area contributed by atoms with E-state index >= 15 is 0 Å². The largest absolute Gasteiger partial charge is 0.457 e. The van der Waals surface area contributed by atoms with Crippen molar-refractivity contribution < 1.29 is 9.53 Å². The highest BCUT2D eigenvalue weighted by Crippen LogP contribution is 2.25. The summed E-state index contributed by atoms with van der Waals surface area (Å²) < 4.78 is 7.60. The maximum absolute atomic E-state index is 12.7. The Morgan fingerprint density at radius 1 is 0.926 bits per heavy atom. The Bertz CT molecular complexity index is 1100. The second-order valence-electron chi connectivity index (χ2n) is 6.19. The molecule has 1 N–H and O–H groups in total. The number of para-hydroxylation sites is 1. The third kappa shape index (κ3) is 3.66. The highest BCUT2D eigenvalue weighted by atomic mass is 35.5. The maximum Gasteiger partial charge on any atom is 0.272 e. The predicted octanol–water partition coefficient (Wildman–Crippen LogP) is 5.88. The van der Waals surface area contributed by atoms with Gasteiger partial charge >= 0.3 is 0 Å². The van der Waals surface area contributed by atoms with E-state index < -0.39 is 0 Å². The van der Waals surface area contributed by atoms with E-state index in [4.69, 9.17) is 16.3 Å². The normalized spacial score (nSPS) is 10.7. The average molecular weight is 377 g/mol. The van der Waals surface area contributed by atoms with Gasteiger partial charge in [-0.2, -0.15) is 0 Å². The van der Waals surface area contributed by atoms with Crippen LogP contribution in [-0.4, -0.2) is 10.5 Å². The van der Waals surface area contributed by atoms with Crippen molar-refractivity contribution in [3.63, 3.8) is 0 Å². The first-order valence-corrected chi connectivity index (χ1v) is 8.87. The molecule has 0 aliphatic rings. The first kappa shape index (κ1) is 17.2. The Morgan fingerprint density at radius 3 is 2.37 bits per heavy atom. The summed E-state index contributed by atoms with van der Waals surface area (Å²) in [6.07, 6.45) is 0. The minimum atomic E-state index is -0.179. The zero-order chi connectivity index (χ0) is 18.8.